The molecule has 0 radical (unpaired) electrons. The Morgan fingerprint density at radius 2 is 1.38 bits per heavy atom. The van der Waals surface area contributed by atoms with Gasteiger partial charge < -0.3 is 20.2 Å². The van der Waals surface area contributed by atoms with Crippen molar-refractivity contribution < 1.29 is 24.3 Å². The molecule has 230 valence electrons. The van der Waals surface area contributed by atoms with Gasteiger partial charge in [-0.05, 0) is 43.0 Å². The van der Waals surface area contributed by atoms with Gasteiger partial charge in [-0.25, -0.2) is 5.01 Å². The van der Waals surface area contributed by atoms with Gasteiger partial charge in [0.15, 0.2) is 0 Å². The summed E-state index contributed by atoms with van der Waals surface area (Å²) >= 11 is 0. The lowest BCUT2D eigenvalue weighted by Crippen LogP contribution is -2.52. The third-order valence-corrected chi connectivity index (χ3v) is 6.74. The van der Waals surface area contributed by atoms with Crippen LogP contribution in [0.2, 0.25) is 0 Å². The van der Waals surface area contributed by atoms with E-state index in [4.69, 9.17) is 0 Å². The van der Waals surface area contributed by atoms with Crippen molar-refractivity contribution in [1.82, 2.24) is 25.6 Å². The van der Waals surface area contributed by atoms with Gasteiger partial charge in [0.05, 0.1) is 12.1 Å². The number of carbonyl (C=O) groups excluding carboxylic acids is 4. The third-order valence-electron chi connectivity index (χ3n) is 6.74. The van der Waals surface area contributed by atoms with Crippen LogP contribution in [0.3, 0.4) is 0 Å². The normalized spacial score (nSPS) is 12.5. The topological polar surface area (TPSA) is 122 Å². The minimum atomic E-state index is -1.05. The summed E-state index contributed by atoms with van der Waals surface area (Å²) in [4.78, 5) is 55.3. The number of aliphatic hydroxyl groups is 1. The summed E-state index contributed by atoms with van der Waals surface area (Å²) < 4.78 is 0. The zero-order valence-corrected chi connectivity index (χ0v) is 26.0. The number of likely N-dealkylation sites (N-methyl/N-ethyl adjacent to an activating group) is 1. The van der Waals surface area contributed by atoms with Crippen molar-refractivity contribution >= 4 is 23.6 Å². The number of rotatable bonds is 15. The fourth-order valence-electron chi connectivity index (χ4n) is 4.47. The zero-order chi connectivity index (χ0) is 31.4. The Balaban J connectivity index is 2.43. The first kappa shape index (κ1) is 34.4. The fraction of sp³-hybridized carbons (Fsp3) is 0.500. The first-order valence-electron chi connectivity index (χ1n) is 14.6. The van der Waals surface area contributed by atoms with Gasteiger partial charge in [-0.2, -0.15) is 0 Å². The van der Waals surface area contributed by atoms with E-state index >= 15 is 0 Å². The molecule has 10 nitrogen and oxygen atoms in total. The molecule has 0 saturated heterocycles. The van der Waals surface area contributed by atoms with E-state index in [0.29, 0.717) is 19.5 Å². The average Bonchev–Trinajstić information content (AvgIpc) is 2.95. The third kappa shape index (κ3) is 10.3. The van der Waals surface area contributed by atoms with Crippen LogP contribution in [-0.2, 0) is 11.2 Å². The molecule has 42 heavy (non-hydrogen) atoms. The molecule has 2 unspecified atom stereocenters. The molecule has 0 aromatic heterocycles. The molecule has 2 aromatic rings. The van der Waals surface area contributed by atoms with Gasteiger partial charge in [0, 0.05) is 63.4 Å². The Hall–Kier alpha value is -3.76. The van der Waals surface area contributed by atoms with Crippen LogP contribution >= 0.6 is 0 Å². The number of carbonyl (C=O) groups is 4. The molecule has 0 spiro atoms. The van der Waals surface area contributed by atoms with Crippen molar-refractivity contribution in [2.24, 2.45) is 5.92 Å². The van der Waals surface area contributed by atoms with E-state index < -0.39 is 18.1 Å². The lowest BCUT2D eigenvalue weighted by molar-refractivity contribution is -0.129. The number of nitrogens with zero attached hydrogens (tertiary/aromatic N) is 3. The maximum atomic E-state index is 13.7. The highest BCUT2D eigenvalue weighted by Crippen LogP contribution is 2.17. The Labute approximate surface area is 250 Å². The highest BCUT2D eigenvalue weighted by molar-refractivity contribution is 6.04. The van der Waals surface area contributed by atoms with Gasteiger partial charge in [-0.3, -0.25) is 24.6 Å². The molecule has 0 aliphatic rings. The second-order valence-corrected chi connectivity index (χ2v) is 11.1. The minimum absolute atomic E-state index is 0.0577. The molecule has 0 aliphatic carbocycles. The molecule has 0 saturated carbocycles. The molecule has 0 fully saturated rings. The largest absolute Gasteiger partial charge is 0.390 e. The van der Waals surface area contributed by atoms with Crippen LogP contribution in [0, 0.1) is 5.92 Å². The molecule has 2 rings (SSSR count). The highest BCUT2D eigenvalue weighted by atomic mass is 16.3. The van der Waals surface area contributed by atoms with Crippen LogP contribution in [-0.4, -0.2) is 96.5 Å². The Morgan fingerprint density at radius 3 is 1.90 bits per heavy atom. The molecule has 4 amide bonds. The molecular formula is C32H47N5O5. The predicted octanol–water partition coefficient (Wildman–Crippen LogP) is 2.97. The monoisotopic (exact) mass is 581 g/mol. The summed E-state index contributed by atoms with van der Waals surface area (Å²) in [6.45, 7) is 8.71. The predicted molar refractivity (Wildman–Crippen MR) is 164 cm³/mol. The van der Waals surface area contributed by atoms with E-state index in [-0.39, 0.29) is 46.9 Å². The number of hydrogen-bond donors (Lipinski definition) is 3. The summed E-state index contributed by atoms with van der Waals surface area (Å²) in [5, 5.41) is 15.6. The van der Waals surface area contributed by atoms with Crippen molar-refractivity contribution in [2.45, 2.75) is 59.1 Å². The van der Waals surface area contributed by atoms with Gasteiger partial charge in [-0.1, -0.05) is 58.0 Å². The number of amides is 4. The van der Waals surface area contributed by atoms with Gasteiger partial charge in [0.25, 0.3) is 17.7 Å². The average molecular weight is 582 g/mol. The maximum Gasteiger partial charge on any atom is 0.253 e. The quantitative estimate of drug-likeness (QED) is 0.278. The number of hydrazine groups is 1. The minimum Gasteiger partial charge on any atom is -0.390 e. The first-order valence-corrected chi connectivity index (χ1v) is 14.6. The van der Waals surface area contributed by atoms with Crippen LogP contribution < -0.4 is 10.7 Å². The van der Waals surface area contributed by atoms with E-state index in [1.807, 2.05) is 44.2 Å². The lowest BCUT2D eigenvalue weighted by Gasteiger charge is -2.29. The fourth-order valence-corrected chi connectivity index (χ4v) is 4.47. The van der Waals surface area contributed by atoms with Crippen molar-refractivity contribution in [3.63, 3.8) is 0 Å². The second-order valence-electron chi connectivity index (χ2n) is 11.1. The molecular weight excluding hydrogens is 534 g/mol. The zero-order valence-electron chi connectivity index (χ0n) is 26.0. The van der Waals surface area contributed by atoms with E-state index in [0.717, 1.165) is 18.4 Å². The van der Waals surface area contributed by atoms with E-state index in [2.05, 4.69) is 10.7 Å². The smallest absolute Gasteiger partial charge is 0.253 e. The standard InChI is InChI=1S/C32H47N5O5/c1-8-15-37(16-9-2)32(42)26-19-24(18-25(20-26)31(41)35(5)6)30(40)33-27(17-23-13-11-10-12-14-23)28(38)21-36(7)34-29(39)22(3)4/h10-14,18-20,22,27-28,38H,8-9,15-17,21H2,1-7H3,(H,33,40)(H,34,39). The first-order chi connectivity index (χ1) is 19.9. The summed E-state index contributed by atoms with van der Waals surface area (Å²) in [5.41, 5.74) is 4.26. The number of aliphatic hydroxyl groups excluding tert-OH is 1. The summed E-state index contributed by atoms with van der Waals surface area (Å²) in [5.74, 6) is -1.52. The summed E-state index contributed by atoms with van der Waals surface area (Å²) in [6.07, 6.45) is 0.827. The van der Waals surface area contributed by atoms with Crippen molar-refractivity contribution in [1.29, 1.82) is 0 Å². The number of benzene rings is 2. The Bertz CT molecular complexity index is 1200. The van der Waals surface area contributed by atoms with Gasteiger partial charge in [0.2, 0.25) is 5.91 Å². The molecule has 2 atom stereocenters. The highest BCUT2D eigenvalue weighted by Gasteiger charge is 2.26. The van der Waals surface area contributed by atoms with Gasteiger partial charge in [0.1, 0.15) is 0 Å². The Morgan fingerprint density at radius 1 is 0.833 bits per heavy atom. The van der Waals surface area contributed by atoms with Crippen LogP contribution in [0.1, 0.15) is 77.2 Å². The van der Waals surface area contributed by atoms with E-state index in [1.165, 1.54) is 28.1 Å². The van der Waals surface area contributed by atoms with E-state index in [1.54, 1.807) is 39.9 Å². The summed E-state index contributed by atoms with van der Waals surface area (Å²) in [6, 6.07) is 13.2. The molecule has 0 bridgehead atoms. The molecule has 0 aliphatic heterocycles. The maximum absolute atomic E-state index is 13.7. The molecule has 10 heteroatoms. The molecule has 3 N–H and O–H groups in total. The molecule has 2 aromatic carbocycles. The van der Waals surface area contributed by atoms with Crippen LogP contribution in [0.15, 0.2) is 48.5 Å². The SMILES string of the molecule is CCCN(CCC)C(=O)c1cc(C(=O)NC(Cc2ccccc2)C(O)CN(C)NC(=O)C(C)C)cc(C(=O)N(C)C)c1. The number of nitrogens with one attached hydrogen (secondary N) is 2. The summed E-state index contributed by atoms with van der Waals surface area (Å²) in [7, 11) is 4.87. The van der Waals surface area contributed by atoms with Crippen molar-refractivity contribution in [3.8, 4) is 0 Å². The van der Waals surface area contributed by atoms with E-state index in [9.17, 15) is 24.3 Å². The van der Waals surface area contributed by atoms with Crippen molar-refractivity contribution in [3.05, 3.63) is 70.8 Å². The Kier molecular flexibility index (Phi) is 13.6. The number of hydrogen-bond acceptors (Lipinski definition) is 6. The van der Waals surface area contributed by atoms with Gasteiger partial charge in [-0.15, -0.1) is 0 Å². The van der Waals surface area contributed by atoms with Crippen LogP contribution in [0.5, 0.6) is 0 Å². The lowest BCUT2D eigenvalue weighted by atomic mass is 9.99. The van der Waals surface area contributed by atoms with Gasteiger partial charge >= 0.3 is 0 Å². The van der Waals surface area contributed by atoms with Crippen LogP contribution in [0.25, 0.3) is 0 Å². The molecule has 0 heterocycles. The second kappa shape index (κ2) is 16.6. The van der Waals surface area contributed by atoms with Crippen molar-refractivity contribution in [2.75, 3.05) is 40.8 Å². The van der Waals surface area contributed by atoms with Crippen LogP contribution in [0.4, 0.5) is 0 Å².